The fourth-order valence-electron chi connectivity index (χ4n) is 11.9. The van der Waals surface area contributed by atoms with Gasteiger partial charge in [-0.15, -0.1) is 0 Å². The molecule has 3 fully saturated rings. The first-order chi connectivity index (χ1) is 28.0. The molecule has 57 heavy (non-hydrogen) atoms. The lowest BCUT2D eigenvalue weighted by Gasteiger charge is -2.33. The summed E-state index contributed by atoms with van der Waals surface area (Å²) in [6.07, 6.45) is 12.2. The Hall–Kier alpha value is -5.40. The van der Waals surface area contributed by atoms with Crippen LogP contribution >= 0.6 is 0 Å². The molecule has 3 unspecified atom stereocenters. The van der Waals surface area contributed by atoms with Gasteiger partial charge >= 0.3 is 0 Å². The number of fused-ring (bicyclic) bond motifs is 6. The minimum absolute atomic E-state index is 0.178. The molecule has 282 valence electrons. The molecule has 0 spiro atoms. The second-order valence-electron chi connectivity index (χ2n) is 18.3. The molecule has 3 saturated carbocycles. The van der Waals surface area contributed by atoms with Crippen molar-refractivity contribution in [3.63, 3.8) is 0 Å². The van der Waals surface area contributed by atoms with Crippen molar-refractivity contribution in [3.8, 4) is 33.4 Å². The lowest BCUT2D eigenvalue weighted by Crippen LogP contribution is -2.18. The van der Waals surface area contributed by atoms with Gasteiger partial charge in [0.05, 0.1) is 11.4 Å². The van der Waals surface area contributed by atoms with Crippen LogP contribution in [-0.4, -0.2) is 0 Å². The van der Waals surface area contributed by atoms with Crippen LogP contribution in [0.2, 0.25) is 0 Å². The fourth-order valence-corrected chi connectivity index (χ4v) is 11.9. The van der Waals surface area contributed by atoms with Crippen molar-refractivity contribution in [2.45, 2.75) is 88.9 Å². The highest BCUT2D eigenvalue weighted by Crippen LogP contribution is 2.57. The van der Waals surface area contributed by atoms with E-state index in [0.29, 0.717) is 11.8 Å². The van der Waals surface area contributed by atoms with Gasteiger partial charge in [0.1, 0.15) is 0 Å². The van der Waals surface area contributed by atoms with Crippen LogP contribution in [0.15, 0.2) is 152 Å². The van der Waals surface area contributed by atoms with Crippen molar-refractivity contribution in [3.05, 3.63) is 174 Å². The normalized spacial score (nSPS) is 20.8. The van der Waals surface area contributed by atoms with Crippen LogP contribution in [0.5, 0.6) is 0 Å². The fraction of sp³-hybridized carbons (Fsp3) is 0.286. The molecular weight excluding hydrogens is 687 g/mol. The van der Waals surface area contributed by atoms with E-state index in [4.69, 9.17) is 0 Å². The number of hydrogen-bond acceptors (Lipinski definition) is 1. The van der Waals surface area contributed by atoms with Crippen molar-refractivity contribution >= 4 is 27.8 Å². The highest BCUT2D eigenvalue weighted by Gasteiger charge is 2.41. The first-order valence-corrected chi connectivity index (χ1v) is 21.9. The number of rotatable bonds is 7. The molecule has 3 atom stereocenters. The molecule has 7 aromatic carbocycles. The minimum atomic E-state index is -0.178. The van der Waals surface area contributed by atoms with Gasteiger partial charge in [-0.2, -0.15) is 0 Å². The number of hydrogen-bond donors (Lipinski definition) is 0. The quantitative estimate of drug-likeness (QED) is 0.157. The molecule has 0 amide bonds. The summed E-state index contributed by atoms with van der Waals surface area (Å²) in [5, 5.41) is 2.75. The van der Waals surface area contributed by atoms with Crippen LogP contribution in [0.25, 0.3) is 44.2 Å². The van der Waals surface area contributed by atoms with Crippen molar-refractivity contribution in [2.75, 3.05) is 4.90 Å². The van der Waals surface area contributed by atoms with Gasteiger partial charge in [-0.1, -0.05) is 161 Å². The summed E-state index contributed by atoms with van der Waals surface area (Å²) < 4.78 is 0. The standard InChI is InChI=1S/C56H53N/c1-56(2)50-25-14-24-46(39-17-8-4-9-18-39)55(50)49-35-48(40-19-10-5-11-20-40)53(36-51(49)56)57(44-31-29-41(30-32-44)47-34-37-27-28-43(47)33-37)52-26-13-22-42-21-12-23-45(54(42)52)38-15-6-3-7-16-38/h4-5,8-14,17-26,29-32,35-38,43,47H,3,6-7,15-16,27-28,33-34H2,1-2H3. The average molecular weight is 740 g/mol. The molecule has 1 nitrogen and oxygen atoms in total. The van der Waals surface area contributed by atoms with Crippen LogP contribution in [0, 0.1) is 11.8 Å². The Balaban J connectivity index is 1.17. The van der Waals surface area contributed by atoms with Crippen LogP contribution < -0.4 is 4.90 Å². The van der Waals surface area contributed by atoms with Gasteiger partial charge in [0.15, 0.2) is 0 Å². The Kier molecular flexibility index (Phi) is 8.50. The van der Waals surface area contributed by atoms with E-state index in [9.17, 15) is 0 Å². The molecule has 0 heterocycles. The Morgan fingerprint density at radius 2 is 1.23 bits per heavy atom. The second-order valence-corrected chi connectivity index (χ2v) is 18.3. The van der Waals surface area contributed by atoms with E-state index < -0.39 is 0 Å². The van der Waals surface area contributed by atoms with Gasteiger partial charge in [0.2, 0.25) is 0 Å². The monoisotopic (exact) mass is 739 g/mol. The van der Waals surface area contributed by atoms with Gasteiger partial charge in [-0.25, -0.2) is 0 Å². The highest BCUT2D eigenvalue weighted by molar-refractivity contribution is 6.05. The first kappa shape index (κ1) is 34.8. The van der Waals surface area contributed by atoms with Crippen LogP contribution in [0.3, 0.4) is 0 Å². The molecule has 4 aliphatic rings. The number of anilines is 3. The number of benzene rings is 7. The summed E-state index contributed by atoms with van der Waals surface area (Å²) in [5.41, 5.74) is 17.3. The predicted octanol–water partition coefficient (Wildman–Crippen LogP) is 15.9. The maximum Gasteiger partial charge on any atom is 0.0543 e. The lowest BCUT2D eigenvalue weighted by atomic mass is 9.81. The lowest BCUT2D eigenvalue weighted by molar-refractivity contribution is 0.420. The summed E-state index contributed by atoms with van der Waals surface area (Å²) in [7, 11) is 0. The van der Waals surface area contributed by atoms with Gasteiger partial charge in [-0.3, -0.25) is 0 Å². The van der Waals surface area contributed by atoms with E-state index in [2.05, 4.69) is 170 Å². The topological polar surface area (TPSA) is 3.24 Å². The van der Waals surface area contributed by atoms with E-state index in [1.54, 1.807) is 0 Å². The molecule has 7 aromatic rings. The molecule has 0 aliphatic heterocycles. The van der Waals surface area contributed by atoms with E-state index >= 15 is 0 Å². The summed E-state index contributed by atoms with van der Waals surface area (Å²) in [5.74, 6) is 3.09. The van der Waals surface area contributed by atoms with E-state index in [-0.39, 0.29) is 5.41 Å². The Labute approximate surface area is 339 Å². The van der Waals surface area contributed by atoms with Crippen molar-refractivity contribution in [2.24, 2.45) is 11.8 Å². The molecule has 0 saturated heterocycles. The third-order valence-electron chi connectivity index (χ3n) is 14.7. The Morgan fingerprint density at radius 1 is 0.526 bits per heavy atom. The van der Waals surface area contributed by atoms with Crippen molar-refractivity contribution < 1.29 is 0 Å². The zero-order chi connectivity index (χ0) is 38.1. The minimum Gasteiger partial charge on any atom is -0.309 e. The molecule has 0 N–H and O–H groups in total. The van der Waals surface area contributed by atoms with E-state index in [0.717, 1.165) is 11.8 Å². The smallest absolute Gasteiger partial charge is 0.0543 e. The van der Waals surface area contributed by atoms with Crippen LogP contribution in [0.1, 0.15) is 106 Å². The van der Waals surface area contributed by atoms with Gasteiger partial charge in [0.25, 0.3) is 0 Å². The highest BCUT2D eigenvalue weighted by atomic mass is 15.1. The largest absolute Gasteiger partial charge is 0.309 e. The molecule has 4 aliphatic carbocycles. The predicted molar refractivity (Wildman–Crippen MR) is 241 cm³/mol. The Bertz CT molecular complexity index is 2590. The molecular formula is C56H53N. The Morgan fingerprint density at radius 3 is 1.93 bits per heavy atom. The number of nitrogens with zero attached hydrogens (tertiary/aromatic N) is 1. The maximum absolute atomic E-state index is 2.65. The van der Waals surface area contributed by atoms with Crippen molar-refractivity contribution in [1.29, 1.82) is 0 Å². The summed E-state index contributed by atoms with van der Waals surface area (Å²) in [6.45, 7) is 4.87. The van der Waals surface area contributed by atoms with Gasteiger partial charge in [0, 0.05) is 22.1 Å². The van der Waals surface area contributed by atoms with Crippen LogP contribution in [-0.2, 0) is 5.41 Å². The molecule has 2 bridgehead atoms. The molecule has 0 radical (unpaired) electrons. The zero-order valence-corrected chi connectivity index (χ0v) is 33.6. The van der Waals surface area contributed by atoms with Gasteiger partial charge < -0.3 is 4.90 Å². The van der Waals surface area contributed by atoms with Crippen molar-refractivity contribution in [1.82, 2.24) is 0 Å². The van der Waals surface area contributed by atoms with Crippen LogP contribution in [0.4, 0.5) is 17.1 Å². The zero-order valence-electron chi connectivity index (χ0n) is 33.6. The van der Waals surface area contributed by atoms with E-state index in [1.165, 1.54) is 141 Å². The van der Waals surface area contributed by atoms with E-state index in [1.807, 2.05) is 0 Å². The summed E-state index contributed by atoms with van der Waals surface area (Å²) in [6, 6.07) is 58.3. The second kappa shape index (κ2) is 13.9. The van der Waals surface area contributed by atoms with Gasteiger partial charge in [-0.05, 0) is 142 Å². The molecule has 0 aromatic heterocycles. The third kappa shape index (κ3) is 5.80. The average Bonchev–Trinajstić information content (AvgIpc) is 3.97. The molecule has 11 rings (SSSR count). The molecule has 1 heteroatoms. The SMILES string of the molecule is CC1(C)c2cc(N(c3ccc(C4CC5CCC4C5)cc3)c3cccc4cccc(C5CCCCC5)c34)c(-c3ccccc3)cc2-c2c(-c3ccccc3)cccc21. The summed E-state index contributed by atoms with van der Waals surface area (Å²) >= 11 is 0. The first-order valence-electron chi connectivity index (χ1n) is 21.9. The summed E-state index contributed by atoms with van der Waals surface area (Å²) in [4.78, 5) is 2.65. The maximum atomic E-state index is 2.65. The third-order valence-corrected chi connectivity index (χ3v) is 14.7.